The lowest BCUT2D eigenvalue weighted by Crippen LogP contribution is -2.54. The number of piperazine rings is 1. The summed E-state index contributed by atoms with van der Waals surface area (Å²) in [5, 5.41) is 26.7. The summed E-state index contributed by atoms with van der Waals surface area (Å²) < 4.78 is 39.8. The molecule has 12 heteroatoms. The van der Waals surface area contributed by atoms with Crippen LogP contribution in [0, 0.1) is 0 Å². The van der Waals surface area contributed by atoms with Gasteiger partial charge in [-0.25, -0.2) is 14.5 Å². The van der Waals surface area contributed by atoms with Crippen molar-refractivity contribution in [1.82, 2.24) is 35.1 Å². The second-order valence-corrected chi connectivity index (χ2v) is 8.39. The van der Waals surface area contributed by atoms with E-state index in [1.165, 1.54) is 12.1 Å². The summed E-state index contributed by atoms with van der Waals surface area (Å²) in [5.41, 5.74) is 0.784. The molecule has 1 aliphatic rings. The number of halogens is 3. The molecule has 2 atom stereocenters. The van der Waals surface area contributed by atoms with Gasteiger partial charge < -0.3 is 15.3 Å². The Kier molecular flexibility index (Phi) is 5.31. The van der Waals surface area contributed by atoms with E-state index in [1.54, 1.807) is 24.4 Å². The van der Waals surface area contributed by atoms with Crippen LogP contribution in [-0.2, 0) is 6.18 Å². The molecule has 1 aromatic carbocycles. The van der Waals surface area contributed by atoms with Crippen LogP contribution < -0.4 is 10.2 Å². The van der Waals surface area contributed by atoms with Crippen LogP contribution in [0.3, 0.4) is 0 Å². The fraction of sp³-hybridized carbons (Fsp3) is 0.318. The van der Waals surface area contributed by atoms with Crippen molar-refractivity contribution in [2.45, 2.75) is 32.1 Å². The van der Waals surface area contributed by atoms with E-state index >= 15 is 0 Å². The summed E-state index contributed by atoms with van der Waals surface area (Å²) in [5.74, 6) is 0.449. The Morgan fingerprint density at radius 3 is 2.44 bits per heavy atom. The summed E-state index contributed by atoms with van der Waals surface area (Å²) in [6.45, 7) is 5.73. The first-order chi connectivity index (χ1) is 16.2. The minimum absolute atomic E-state index is 0.0747. The summed E-state index contributed by atoms with van der Waals surface area (Å²) in [6.07, 6.45) is -2.17. The van der Waals surface area contributed by atoms with Gasteiger partial charge in [0.2, 0.25) is 5.95 Å². The number of aromatic nitrogens is 6. The Morgan fingerprint density at radius 1 is 1.03 bits per heavy atom. The number of hydrogen-bond acceptors (Lipinski definition) is 8. The normalized spacial score (nSPS) is 19.0. The minimum atomic E-state index is -4.56. The van der Waals surface area contributed by atoms with Crippen molar-refractivity contribution < 1.29 is 18.3 Å². The highest BCUT2D eigenvalue weighted by Crippen LogP contribution is 2.32. The maximum absolute atomic E-state index is 12.9. The van der Waals surface area contributed by atoms with Crippen LogP contribution in [0.25, 0.3) is 28.2 Å². The molecule has 0 spiro atoms. The quantitative estimate of drug-likeness (QED) is 0.471. The average molecular weight is 470 g/mol. The Hall–Kier alpha value is -3.80. The Labute approximate surface area is 192 Å². The van der Waals surface area contributed by atoms with E-state index in [0.29, 0.717) is 40.5 Å². The molecule has 176 valence electrons. The smallest absolute Gasteiger partial charge is 0.434 e. The third kappa shape index (κ3) is 4.23. The van der Waals surface area contributed by atoms with Gasteiger partial charge in [-0.3, -0.25) is 0 Å². The van der Waals surface area contributed by atoms with Crippen LogP contribution in [0.4, 0.5) is 19.1 Å². The molecule has 1 fully saturated rings. The van der Waals surface area contributed by atoms with Crippen molar-refractivity contribution in [3.8, 4) is 28.3 Å². The van der Waals surface area contributed by atoms with E-state index in [-0.39, 0.29) is 11.4 Å². The topological polar surface area (TPSA) is 104 Å². The van der Waals surface area contributed by atoms with Crippen molar-refractivity contribution >= 4 is 11.6 Å². The lowest BCUT2D eigenvalue weighted by Gasteiger charge is -2.35. The van der Waals surface area contributed by atoms with E-state index in [4.69, 9.17) is 0 Å². The predicted molar refractivity (Wildman–Crippen MR) is 118 cm³/mol. The maximum Gasteiger partial charge on any atom is 0.434 e. The van der Waals surface area contributed by atoms with Gasteiger partial charge in [0.05, 0.1) is 18.1 Å². The van der Waals surface area contributed by atoms with E-state index in [2.05, 4.69) is 49.3 Å². The van der Waals surface area contributed by atoms with Gasteiger partial charge in [-0.05, 0) is 38.1 Å². The molecule has 0 radical (unpaired) electrons. The summed E-state index contributed by atoms with van der Waals surface area (Å²) in [7, 11) is 0. The number of rotatable bonds is 3. The van der Waals surface area contributed by atoms with Crippen LogP contribution in [0.2, 0.25) is 0 Å². The van der Waals surface area contributed by atoms with Crippen molar-refractivity contribution in [3.63, 3.8) is 0 Å². The highest BCUT2D eigenvalue weighted by Gasteiger charge is 2.34. The van der Waals surface area contributed by atoms with E-state index < -0.39 is 11.9 Å². The summed E-state index contributed by atoms with van der Waals surface area (Å²) >= 11 is 0. The van der Waals surface area contributed by atoms with Crippen molar-refractivity contribution in [2.24, 2.45) is 0 Å². The van der Waals surface area contributed by atoms with E-state index in [1.807, 2.05) is 0 Å². The highest BCUT2D eigenvalue weighted by atomic mass is 19.4. The molecular weight excluding hydrogens is 449 g/mol. The van der Waals surface area contributed by atoms with Crippen LogP contribution in [0.15, 0.2) is 42.7 Å². The number of phenolic OH excluding ortho intramolecular Hbond substituents is 1. The SMILES string of the molecule is C[C@@H]1CN(c2ncc(-c3ccc(-c4ccc5nc(C(F)(F)F)cn5n4)cc3O)nn2)C[C@H](C)N1. The minimum Gasteiger partial charge on any atom is -0.507 e. The lowest BCUT2D eigenvalue weighted by atomic mass is 10.1. The monoisotopic (exact) mass is 470 g/mol. The van der Waals surface area contributed by atoms with Gasteiger partial charge in [0.1, 0.15) is 11.4 Å². The molecule has 5 rings (SSSR count). The number of anilines is 1. The van der Waals surface area contributed by atoms with Crippen LogP contribution in [0.5, 0.6) is 5.75 Å². The zero-order chi connectivity index (χ0) is 24.0. The fourth-order valence-electron chi connectivity index (χ4n) is 4.11. The molecule has 0 saturated carbocycles. The van der Waals surface area contributed by atoms with Crippen LogP contribution >= 0.6 is 0 Å². The molecule has 1 saturated heterocycles. The molecule has 1 aliphatic heterocycles. The molecule has 34 heavy (non-hydrogen) atoms. The van der Waals surface area contributed by atoms with Crippen molar-refractivity contribution in [2.75, 3.05) is 18.0 Å². The molecular formula is C22H21F3N8O. The second kappa shape index (κ2) is 8.20. The van der Waals surface area contributed by atoms with Gasteiger partial charge in [0, 0.05) is 36.3 Å². The predicted octanol–water partition coefficient (Wildman–Crippen LogP) is 3.16. The number of benzene rings is 1. The number of aromatic hydroxyl groups is 1. The molecule has 3 aromatic heterocycles. The lowest BCUT2D eigenvalue weighted by molar-refractivity contribution is -0.140. The highest BCUT2D eigenvalue weighted by molar-refractivity contribution is 5.72. The first-order valence-corrected chi connectivity index (χ1v) is 10.7. The van der Waals surface area contributed by atoms with E-state index in [0.717, 1.165) is 23.8 Å². The standard InChI is InChI=1S/C22H21F3N8O/c1-12-9-32(10-13(2)27-12)21-26-8-17(29-30-21)15-4-3-14(7-18(15)34)16-5-6-20-28-19(22(23,24)25)11-33(20)31-16/h3-8,11-13,27,34H,9-10H2,1-2H3/t12-,13+. The Morgan fingerprint density at radius 2 is 1.79 bits per heavy atom. The molecule has 2 N–H and O–H groups in total. The maximum atomic E-state index is 12.9. The van der Waals surface area contributed by atoms with Gasteiger partial charge >= 0.3 is 6.18 Å². The fourth-order valence-corrected chi connectivity index (χ4v) is 4.11. The summed E-state index contributed by atoms with van der Waals surface area (Å²) in [4.78, 5) is 10.0. The molecule has 0 bridgehead atoms. The summed E-state index contributed by atoms with van der Waals surface area (Å²) in [6, 6.07) is 8.40. The Bertz CT molecular complexity index is 1330. The number of imidazole rings is 1. The zero-order valence-corrected chi connectivity index (χ0v) is 18.3. The molecule has 0 unspecified atom stereocenters. The zero-order valence-electron chi connectivity index (χ0n) is 18.3. The number of nitrogens with zero attached hydrogens (tertiary/aromatic N) is 7. The van der Waals surface area contributed by atoms with Crippen molar-refractivity contribution in [3.05, 3.63) is 48.4 Å². The van der Waals surface area contributed by atoms with Crippen LogP contribution in [-0.4, -0.2) is 60.1 Å². The number of hydrogen-bond donors (Lipinski definition) is 2. The molecule has 0 amide bonds. The number of nitrogens with one attached hydrogen (secondary N) is 1. The average Bonchev–Trinajstić information content (AvgIpc) is 3.23. The second-order valence-electron chi connectivity index (χ2n) is 8.39. The van der Waals surface area contributed by atoms with Crippen molar-refractivity contribution in [1.29, 1.82) is 0 Å². The van der Waals surface area contributed by atoms with E-state index in [9.17, 15) is 18.3 Å². The number of phenols is 1. The van der Waals surface area contributed by atoms with Gasteiger partial charge in [-0.1, -0.05) is 6.07 Å². The van der Waals surface area contributed by atoms with Gasteiger partial charge in [-0.15, -0.1) is 10.2 Å². The first-order valence-electron chi connectivity index (χ1n) is 10.7. The third-order valence-corrected chi connectivity index (χ3v) is 5.57. The largest absolute Gasteiger partial charge is 0.507 e. The molecule has 9 nitrogen and oxygen atoms in total. The molecule has 4 heterocycles. The molecule has 4 aromatic rings. The Balaban J connectivity index is 1.39. The van der Waals surface area contributed by atoms with Gasteiger partial charge in [0.15, 0.2) is 11.3 Å². The first kappa shape index (κ1) is 22.0. The third-order valence-electron chi connectivity index (χ3n) is 5.57. The molecule has 0 aliphatic carbocycles. The van der Waals surface area contributed by atoms with Crippen LogP contribution in [0.1, 0.15) is 19.5 Å². The number of alkyl halides is 3. The van der Waals surface area contributed by atoms with Gasteiger partial charge in [0.25, 0.3) is 0 Å². The number of fused-ring (bicyclic) bond motifs is 1. The van der Waals surface area contributed by atoms with Gasteiger partial charge in [-0.2, -0.15) is 18.3 Å².